The predicted octanol–water partition coefficient (Wildman–Crippen LogP) is 3.36. The molecule has 0 saturated heterocycles. The summed E-state index contributed by atoms with van der Waals surface area (Å²) in [5, 5.41) is 3.38. The molecule has 0 aliphatic heterocycles. The van der Waals surface area contributed by atoms with E-state index in [1.165, 1.54) is 0 Å². The van der Waals surface area contributed by atoms with Crippen LogP contribution in [0.25, 0.3) is 0 Å². The first-order valence-corrected chi connectivity index (χ1v) is 7.33. The van der Waals surface area contributed by atoms with Gasteiger partial charge in [-0.1, -0.05) is 13.8 Å². The summed E-state index contributed by atoms with van der Waals surface area (Å²) >= 11 is 0. The van der Waals surface area contributed by atoms with Crippen molar-refractivity contribution in [1.29, 1.82) is 0 Å². The van der Waals surface area contributed by atoms with Crippen molar-refractivity contribution in [1.82, 2.24) is 5.32 Å². The maximum absolute atomic E-state index is 5.72. The summed E-state index contributed by atoms with van der Waals surface area (Å²) in [5.74, 6) is 1.61. The largest absolute Gasteiger partial charge is 0.468 e. The third-order valence-corrected chi connectivity index (χ3v) is 3.33. The van der Waals surface area contributed by atoms with Crippen LogP contribution in [0.15, 0.2) is 16.7 Å². The quantitative estimate of drug-likeness (QED) is 0.669. The van der Waals surface area contributed by atoms with Crippen LogP contribution >= 0.6 is 0 Å². The molecule has 4 nitrogen and oxygen atoms in total. The Kier molecular flexibility index (Phi) is 7.27. The monoisotopic (exact) mass is 283 g/mol. The second-order valence-corrected chi connectivity index (χ2v) is 6.16. The van der Waals surface area contributed by atoms with Crippen molar-refractivity contribution in [2.75, 3.05) is 20.3 Å². The molecule has 0 aromatic carbocycles. The van der Waals surface area contributed by atoms with E-state index in [2.05, 4.69) is 33.0 Å². The highest BCUT2D eigenvalue weighted by Crippen LogP contribution is 2.15. The fourth-order valence-electron chi connectivity index (χ4n) is 1.73. The van der Waals surface area contributed by atoms with Crippen molar-refractivity contribution in [2.45, 2.75) is 52.9 Å². The molecule has 1 heterocycles. The average Bonchev–Trinajstić information content (AvgIpc) is 2.82. The molecular weight excluding hydrogens is 254 g/mol. The van der Waals surface area contributed by atoms with Crippen molar-refractivity contribution >= 4 is 0 Å². The predicted molar refractivity (Wildman–Crippen MR) is 80.6 cm³/mol. The number of ether oxygens (including phenoxy) is 2. The van der Waals surface area contributed by atoms with Gasteiger partial charge in [-0.15, -0.1) is 0 Å². The van der Waals surface area contributed by atoms with Gasteiger partial charge in [-0.25, -0.2) is 0 Å². The molecule has 1 N–H and O–H groups in total. The fourth-order valence-corrected chi connectivity index (χ4v) is 1.73. The molecule has 0 unspecified atom stereocenters. The Balaban J connectivity index is 2.29. The van der Waals surface area contributed by atoms with Gasteiger partial charge >= 0.3 is 0 Å². The van der Waals surface area contributed by atoms with E-state index in [1.54, 1.807) is 13.4 Å². The molecule has 0 saturated carbocycles. The van der Waals surface area contributed by atoms with E-state index in [0.29, 0.717) is 19.1 Å². The van der Waals surface area contributed by atoms with E-state index in [9.17, 15) is 0 Å². The number of nitrogens with one attached hydrogen (secondary N) is 1. The summed E-state index contributed by atoms with van der Waals surface area (Å²) in [5.41, 5.74) is 0.995. The summed E-state index contributed by atoms with van der Waals surface area (Å²) < 4.78 is 16.6. The van der Waals surface area contributed by atoms with Crippen LogP contribution in [0.5, 0.6) is 0 Å². The van der Waals surface area contributed by atoms with E-state index in [-0.39, 0.29) is 5.60 Å². The Morgan fingerprint density at radius 1 is 1.35 bits per heavy atom. The van der Waals surface area contributed by atoms with Gasteiger partial charge in [0, 0.05) is 19.3 Å². The lowest BCUT2D eigenvalue weighted by molar-refractivity contribution is -0.0125. The molecule has 1 aromatic rings. The summed E-state index contributed by atoms with van der Waals surface area (Å²) in [4.78, 5) is 0. The molecule has 116 valence electrons. The van der Waals surface area contributed by atoms with Crippen molar-refractivity contribution in [3.8, 4) is 0 Å². The molecule has 0 radical (unpaired) electrons. The van der Waals surface area contributed by atoms with Crippen LogP contribution < -0.4 is 5.32 Å². The van der Waals surface area contributed by atoms with E-state index in [1.807, 2.05) is 6.07 Å². The highest BCUT2D eigenvalue weighted by atomic mass is 16.5. The van der Waals surface area contributed by atoms with Gasteiger partial charge in [-0.05, 0) is 38.8 Å². The van der Waals surface area contributed by atoms with Crippen LogP contribution in [0, 0.1) is 5.92 Å². The normalized spacial score (nSPS) is 12.3. The summed E-state index contributed by atoms with van der Waals surface area (Å²) in [6.45, 7) is 11.5. The minimum atomic E-state index is -0.127. The number of hydrogen-bond donors (Lipinski definition) is 1. The Morgan fingerprint density at radius 3 is 2.75 bits per heavy atom. The molecule has 0 bridgehead atoms. The minimum Gasteiger partial charge on any atom is -0.468 e. The van der Waals surface area contributed by atoms with Crippen molar-refractivity contribution in [3.05, 3.63) is 23.7 Å². The molecule has 0 aliphatic carbocycles. The molecule has 0 aliphatic rings. The van der Waals surface area contributed by atoms with Crippen molar-refractivity contribution in [2.24, 2.45) is 5.92 Å². The number of rotatable bonds is 10. The third-order valence-electron chi connectivity index (χ3n) is 3.33. The zero-order chi connectivity index (χ0) is 15.0. The Morgan fingerprint density at radius 2 is 2.10 bits per heavy atom. The standard InChI is InChI=1S/C16H29NO3/c1-13(2)10-17-11-15-14(6-8-20-15)12-19-9-7-16(3,4)18-5/h6,8,13,17H,7,9-12H2,1-5H3. The lowest BCUT2D eigenvalue weighted by atomic mass is 10.1. The lowest BCUT2D eigenvalue weighted by Gasteiger charge is -2.22. The molecule has 1 aromatic heterocycles. The number of methoxy groups -OCH3 is 1. The molecule has 0 amide bonds. The number of furan rings is 1. The fraction of sp³-hybridized carbons (Fsp3) is 0.750. The van der Waals surface area contributed by atoms with Gasteiger partial charge in [0.15, 0.2) is 0 Å². The van der Waals surface area contributed by atoms with Crippen LogP contribution in [0.1, 0.15) is 45.4 Å². The highest BCUT2D eigenvalue weighted by molar-refractivity contribution is 5.15. The lowest BCUT2D eigenvalue weighted by Crippen LogP contribution is -2.24. The third kappa shape index (κ3) is 6.55. The Hall–Kier alpha value is -0.840. The molecule has 0 spiro atoms. The van der Waals surface area contributed by atoms with Gasteiger partial charge in [-0.3, -0.25) is 0 Å². The maximum atomic E-state index is 5.72. The first-order valence-electron chi connectivity index (χ1n) is 7.33. The molecule has 20 heavy (non-hydrogen) atoms. The molecule has 0 fully saturated rings. The SMILES string of the molecule is COC(C)(C)CCOCc1ccoc1CNCC(C)C. The van der Waals surface area contributed by atoms with Gasteiger partial charge in [0.25, 0.3) is 0 Å². The second-order valence-electron chi connectivity index (χ2n) is 6.16. The van der Waals surface area contributed by atoms with Crippen LogP contribution in [-0.2, 0) is 22.6 Å². The highest BCUT2D eigenvalue weighted by Gasteiger charge is 2.16. The summed E-state index contributed by atoms with van der Waals surface area (Å²) in [6.07, 6.45) is 2.60. The van der Waals surface area contributed by atoms with Gasteiger partial charge in [0.05, 0.1) is 25.0 Å². The Bertz CT molecular complexity index is 372. The van der Waals surface area contributed by atoms with Gasteiger partial charge in [0.1, 0.15) is 5.76 Å². The smallest absolute Gasteiger partial charge is 0.123 e. The summed E-state index contributed by atoms with van der Waals surface area (Å²) in [7, 11) is 1.73. The van der Waals surface area contributed by atoms with E-state index in [0.717, 1.165) is 30.8 Å². The van der Waals surface area contributed by atoms with Crippen molar-refractivity contribution < 1.29 is 13.9 Å². The number of hydrogen-bond acceptors (Lipinski definition) is 4. The second kappa shape index (κ2) is 8.45. The molecule has 4 heteroatoms. The van der Waals surface area contributed by atoms with Gasteiger partial charge in [0.2, 0.25) is 0 Å². The first kappa shape index (κ1) is 17.2. The maximum Gasteiger partial charge on any atom is 0.123 e. The minimum absolute atomic E-state index is 0.127. The van der Waals surface area contributed by atoms with E-state index < -0.39 is 0 Å². The van der Waals surface area contributed by atoms with Crippen molar-refractivity contribution in [3.63, 3.8) is 0 Å². The molecule has 1 rings (SSSR count). The first-order chi connectivity index (χ1) is 9.44. The Labute approximate surface area is 122 Å². The van der Waals surface area contributed by atoms with Crippen LogP contribution in [-0.4, -0.2) is 25.9 Å². The zero-order valence-electron chi connectivity index (χ0n) is 13.5. The van der Waals surface area contributed by atoms with E-state index in [4.69, 9.17) is 13.9 Å². The topological polar surface area (TPSA) is 43.6 Å². The van der Waals surface area contributed by atoms with Gasteiger partial charge in [-0.2, -0.15) is 0 Å². The van der Waals surface area contributed by atoms with Crippen LogP contribution in [0.2, 0.25) is 0 Å². The van der Waals surface area contributed by atoms with Crippen LogP contribution in [0.3, 0.4) is 0 Å². The molecule has 0 atom stereocenters. The van der Waals surface area contributed by atoms with Gasteiger partial charge < -0.3 is 19.2 Å². The van der Waals surface area contributed by atoms with Crippen LogP contribution in [0.4, 0.5) is 0 Å². The zero-order valence-corrected chi connectivity index (χ0v) is 13.5. The van der Waals surface area contributed by atoms with E-state index >= 15 is 0 Å². The summed E-state index contributed by atoms with van der Waals surface area (Å²) in [6, 6.07) is 1.98. The molecular formula is C16H29NO3. The average molecular weight is 283 g/mol.